The van der Waals surface area contributed by atoms with E-state index in [4.69, 9.17) is 10.5 Å². The van der Waals surface area contributed by atoms with Gasteiger partial charge in [0, 0.05) is 23.4 Å². The Morgan fingerprint density at radius 2 is 2.06 bits per heavy atom. The monoisotopic (exact) mass is 252 g/mol. The molecule has 1 aromatic rings. The van der Waals surface area contributed by atoms with Crippen molar-refractivity contribution in [3.63, 3.8) is 0 Å². The quantitative estimate of drug-likeness (QED) is 0.479. The van der Waals surface area contributed by atoms with Gasteiger partial charge in [-0.25, -0.2) is 0 Å². The van der Waals surface area contributed by atoms with Crippen molar-refractivity contribution >= 4 is 11.4 Å². The summed E-state index contributed by atoms with van der Waals surface area (Å²) >= 11 is 0. The third-order valence-corrected chi connectivity index (χ3v) is 2.66. The molecule has 1 atom stereocenters. The molecule has 1 aromatic carbocycles. The Labute approximate surface area is 107 Å². The summed E-state index contributed by atoms with van der Waals surface area (Å²) in [5.41, 5.74) is 7.01. The number of anilines is 1. The SMILES string of the molecule is CC(C)CC(C)OCc1cc([N+](=O)[O-])ccc1N. The molecule has 0 radical (unpaired) electrons. The number of ether oxygens (including phenoxy) is 1. The number of nitrogens with two attached hydrogens (primary N) is 1. The summed E-state index contributed by atoms with van der Waals surface area (Å²) in [6.45, 7) is 6.55. The molecular weight excluding hydrogens is 232 g/mol. The second-order valence-corrected chi connectivity index (χ2v) is 4.89. The summed E-state index contributed by atoms with van der Waals surface area (Å²) in [4.78, 5) is 10.2. The number of nitrogen functional groups attached to an aromatic ring is 1. The van der Waals surface area contributed by atoms with Gasteiger partial charge in [-0.3, -0.25) is 10.1 Å². The maximum Gasteiger partial charge on any atom is 0.269 e. The minimum atomic E-state index is -0.430. The molecule has 0 aliphatic carbocycles. The lowest BCUT2D eigenvalue weighted by atomic mass is 10.1. The van der Waals surface area contributed by atoms with Gasteiger partial charge < -0.3 is 10.5 Å². The highest BCUT2D eigenvalue weighted by Gasteiger charge is 2.11. The van der Waals surface area contributed by atoms with Crippen LogP contribution >= 0.6 is 0 Å². The van der Waals surface area contributed by atoms with Gasteiger partial charge in [0.15, 0.2) is 0 Å². The third kappa shape index (κ3) is 4.33. The van der Waals surface area contributed by atoms with E-state index in [9.17, 15) is 10.1 Å². The van der Waals surface area contributed by atoms with Crippen molar-refractivity contribution in [3.8, 4) is 0 Å². The smallest absolute Gasteiger partial charge is 0.269 e. The Morgan fingerprint density at radius 1 is 1.39 bits per heavy atom. The van der Waals surface area contributed by atoms with Crippen LogP contribution in [0.15, 0.2) is 18.2 Å². The number of non-ortho nitro benzene ring substituents is 1. The van der Waals surface area contributed by atoms with Crippen LogP contribution in [0, 0.1) is 16.0 Å². The summed E-state index contributed by atoms with van der Waals surface area (Å²) < 4.78 is 5.65. The molecule has 0 amide bonds. The zero-order valence-corrected chi connectivity index (χ0v) is 11.1. The largest absolute Gasteiger partial charge is 0.398 e. The third-order valence-electron chi connectivity index (χ3n) is 2.66. The number of benzene rings is 1. The lowest BCUT2D eigenvalue weighted by molar-refractivity contribution is -0.384. The predicted octanol–water partition coefficient (Wildman–Crippen LogP) is 3.13. The van der Waals surface area contributed by atoms with Crippen molar-refractivity contribution in [2.45, 2.75) is 39.9 Å². The topological polar surface area (TPSA) is 78.4 Å². The highest BCUT2D eigenvalue weighted by atomic mass is 16.6. The first-order valence-electron chi connectivity index (χ1n) is 6.04. The van der Waals surface area contributed by atoms with Crippen LogP contribution in [0.5, 0.6) is 0 Å². The molecule has 0 aliphatic heterocycles. The van der Waals surface area contributed by atoms with Gasteiger partial charge in [-0.2, -0.15) is 0 Å². The predicted molar refractivity (Wildman–Crippen MR) is 71.2 cm³/mol. The van der Waals surface area contributed by atoms with E-state index in [2.05, 4.69) is 13.8 Å². The minimum Gasteiger partial charge on any atom is -0.398 e. The molecule has 2 N–H and O–H groups in total. The van der Waals surface area contributed by atoms with E-state index >= 15 is 0 Å². The molecule has 0 aromatic heterocycles. The van der Waals surface area contributed by atoms with Crippen molar-refractivity contribution < 1.29 is 9.66 Å². The molecule has 0 heterocycles. The van der Waals surface area contributed by atoms with E-state index in [0.717, 1.165) is 6.42 Å². The normalized spacial score (nSPS) is 12.7. The van der Waals surface area contributed by atoms with E-state index < -0.39 is 4.92 Å². The maximum atomic E-state index is 10.7. The van der Waals surface area contributed by atoms with Crippen LogP contribution in [0.4, 0.5) is 11.4 Å². The van der Waals surface area contributed by atoms with Crippen molar-refractivity contribution in [3.05, 3.63) is 33.9 Å². The van der Waals surface area contributed by atoms with Crippen molar-refractivity contribution in [2.24, 2.45) is 5.92 Å². The fourth-order valence-corrected chi connectivity index (χ4v) is 1.79. The Balaban J connectivity index is 2.66. The first kappa shape index (κ1) is 14.4. The second-order valence-electron chi connectivity index (χ2n) is 4.89. The van der Waals surface area contributed by atoms with Crippen molar-refractivity contribution in [1.82, 2.24) is 0 Å². The molecule has 5 nitrogen and oxygen atoms in total. The van der Waals surface area contributed by atoms with Crippen LogP contribution < -0.4 is 5.73 Å². The molecule has 0 aliphatic rings. The van der Waals surface area contributed by atoms with E-state index in [1.807, 2.05) is 6.92 Å². The highest BCUT2D eigenvalue weighted by Crippen LogP contribution is 2.21. The van der Waals surface area contributed by atoms with Gasteiger partial charge >= 0.3 is 0 Å². The number of rotatable bonds is 6. The fraction of sp³-hybridized carbons (Fsp3) is 0.538. The Bertz CT molecular complexity index is 419. The summed E-state index contributed by atoms with van der Waals surface area (Å²) in [7, 11) is 0. The lowest BCUT2D eigenvalue weighted by Gasteiger charge is -2.15. The van der Waals surface area contributed by atoms with E-state index in [1.165, 1.54) is 12.1 Å². The van der Waals surface area contributed by atoms with Gasteiger partial charge in [0.25, 0.3) is 5.69 Å². The minimum absolute atomic E-state index is 0.0410. The van der Waals surface area contributed by atoms with Crippen LogP contribution in [0.3, 0.4) is 0 Å². The molecular formula is C13H20N2O3. The molecule has 0 saturated carbocycles. The van der Waals surface area contributed by atoms with Gasteiger partial charge in [0.05, 0.1) is 17.6 Å². The maximum absolute atomic E-state index is 10.7. The molecule has 0 bridgehead atoms. The standard InChI is InChI=1S/C13H20N2O3/c1-9(2)6-10(3)18-8-11-7-12(15(16)17)4-5-13(11)14/h4-5,7,9-10H,6,8,14H2,1-3H3. The second kappa shape index (κ2) is 6.35. The summed E-state index contributed by atoms with van der Waals surface area (Å²) in [6, 6.07) is 4.41. The van der Waals surface area contributed by atoms with Gasteiger partial charge in [-0.15, -0.1) is 0 Å². The molecule has 100 valence electrons. The summed E-state index contributed by atoms with van der Waals surface area (Å²) in [6.07, 6.45) is 1.07. The molecule has 5 heteroatoms. The van der Waals surface area contributed by atoms with Crippen LogP contribution in [0.25, 0.3) is 0 Å². The van der Waals surface area contributed by atoms with Gasteiger partial charge in [-0.1, -0.05) is 13.8 Å². The molecule has 18 heavy (non-hydrogen) atoms. The number of hydrogen-bond donors (Lipinski definition) is 1. The first-order chi connectivity index (χ1) is 8.40. The number of nitro groups is 1. The van der Waals surface area contributed by atoms with E-state index in [1.54, 1.807) is 6.07 Å². The van der Waals surface area contributed by atoms with E-state index in [-0.39, 0.29) is 11.8 Å². The average Bonchev–Trinajstić information content (AvgIpc) is 2.26. The first-order valence-corrected chi connectivity index (χ1v) is 6.04. The summed E-state index contributed by atoms with van der Waals surface area (Å²) in [5.74, 6) is 0.558. The van der Waals surface area contributed by atoms with Gasteiger partial charge in [-0.05, 0) is 25.3 Å². The fourth-order valence-electron chi connectivity index (χ4n) is 1.79. The average molecular weight is 252 g/mol. The Morgan fingerprint density at radius 3 is 2.61 bits per heavy atom. The van der Waals surface area contributed by atoms with Crippen LogP contribution in [0.1, 0.15) is 32.8 Å². The van der Waals surface area contributed by atoms with E-state index in [0.29, 0.717) is 23.8 Å². The Hall–Kier alpha value is -1.62. The van der Waals surface area contributed by atoms with Gasteiger partial charge in [0.1, 0.15) is 0 Å². The Kier molecular flexibility index (Phi) is 5.09. The zero-order chi connectivity index (χ0) is 13.7. The molecule has 0 fully saturated rings. The zero-order valence-electron chi connectivity index (χ0n) is 11.1. The van der Waals surface area contributed by atoms with Crippen molar-refractivity contribution in [1.29, 1.82) is 0 Å². The number of hydrogen-bond acceptors (Lipinski definition) is 4. The molecule has 0 spiro atoms. The molecule has 0 saturated heterocycles. The van der Waals surface area contributed by atoms with Gasteiger partial charge in [0.2, 0.25) is 0 Å². The highest BCUT2D eigenvalue weighted by molar-refractivity contribution is 5.52. The van der Waals surface area contributed by atoms with Crippen LogP contribution in [-0.4, -0.2) is 11.0 Å². The summed E-state index contributed by atoms with van der Waals surface area (Å²) in [5, 5.41) is 10.7. The van der Waals surface area contributed by atoms with Crippen LogP contribution in [-0.2, 0) is 11.3 Å². The number of nitrogens with zero attached hydrogens (tertiary/aromatic N) is 1. The van der Waals surface area contributed by atoms with Crippen molar-refractivity contribution in [2.75, 3.05) is 5.73 Å². The number of nitro benzene ring substituents is 1. The van der Waals surface area contributed by atoms with Crippen LogP contribution in [0.2, 0.25) is 0 Å². The molecule has 1 rings (SSSR count). The lowest BCUT2D eigenvalue weighted by Crippen LogP contribution is -2.12. The molecule has 1 unspecified atom stereocenters.